The number of ether oxygens (including phenoxy) is 1. The zero-order chi connectivity index (χ0) is 24.7. The lowest BCUT2D eigenvalue weighted by molar-refractivity contribution is -0.139. The normalized spacial score (nSPS) is 12.6. The number of aromatic carboxylic acids is 1. The first-order chi connectivity index (χ1) is 15.5. The van der Waals surface area contributed by atoms with Gasteiger partial charge in [-0.3, -0.25) is 14.4 Å². The first kappa shape index (κ1) is 25.4. The number of nitrogens with one attached hydrogen (secondary N) is 2. The van der Waals surface area contributed by atoms with Gasteiger partial charge >= 0.3 is 11.9 Å². The number of carbonyl (C=O) groups excluding carboxylic acids is 3. The smallest absolute Gasteiger partial charge is 0.339 e. The Morgan fingerprint density at radius 2 is 1.67 bits per heavy atom. The summed E-state index contributed by atoms with van der Waals surface area (Å²) < 4.78 is 5.55. The summed E-state index contributed by atoms with van der Waals surface area (Å²) in [7, 11) is 1.16. The molecule has 0 saturated carbocycles. The van der Waals surface area contributed by atoms with Gasteiger partial charge in [-0.2, -0.15) is 0 Å². The Hall–Kier alpha value is -3.89. The van der Waals surface area contributed by atoms with Gasteiger partial charge in [0, 0.05) is 5.39 Å². The van der Waals surface area contributed by atoms with E-state index in [1.807, 2.05) is 0 Å². The van der Waals surface area contributed by atoms with Gasteiger partial charge in [-0.15, -0.1) is 0 Å². The van der Waals surface area contributed by atoms with E-state index in [4.69, 9.17) is 9.84 Å². The molecule has 10 nitrogen and oxygen atoms in total. The maximum Gasteiger partial charge on any atom is 0.339 e. The molecule has 0 aliphatic heterocycles. The molecule has 2 atom stereocenters. The molecule has 2 amide bonds. The molecule has 0 aliphatic rings. The first-order valence-electron chi connectivity index (χ1n) is 10.2. The van der Waals surface area contributed by atoms with Crippen LogP contribution >= 0.6 is 0 Å². The third-order valence-corrected chi connectivity index (χ3v) is 4.91. The summed E-state index contributed by atoms with van der Waals surface area (Å²) in [5.74, 6) is -4.23. The van der Waals surface area contributed by atoms with Crippen LogP contribution in [0.5, 0.6) is 5.75 Å². The van der Waals surface area contributed by atoms with Crippen LogP contribution in [-0.2, 0) is 19.2 Å². The molecule has 0 aromatic heterocycles. The fraction of sp³-hybridized carbons (Fsp3) is 0.318. The third kappa shape index (κ3) is 6.80. The summed E-state index contributed by atoms with van der Waals surface area (Å²) in [6, 6.07) is 7.66. The lowest BCUT2D eigenvalue weighted by Crippen LogP contribution is -2.54. The van der Waals surface area contributed by atoms with Crippen LogP contribution in [0.15, 0.2) is 36.4 Å². The molecule has 0 bridgehead atoms. The van der Waals surface area contributed by atoms with E-state index in [0.717, 1.165) is 13.2 Å². The molecule has 0 aliphatic carbocycles. The molecule has 0 heterocycles. The number of hydrogen-bond donors (Lipinski definition) is 4. The van der Waals surface area contributed by atoms with Crippen molar-refractivity contribution in [3.8, 4) is 5.75 Å². The summed E-state index contributed by atoms with van der Waals surface area (Å²) in [4.78, 5) is 59.3. The van der Waals surface area contributed by atoms with Crippen LogP contribution < -0.4 is 15.4 Å². The number of fused-ring (bicyclic) bond motifs is 1. The van der Waals surface area contributed by atoms with Gasteiger partial charge in [0.25, 0.3) is 5.91 Å². The number of carbonyl (C=O) groups is 5. The number of aliphatic carboxylic acids is 1. The third-order valence-electron chi connectivity index (χ3n) is 4.91. The van der Waals surface area contributed by atoms with E-state index < -0.39 is 60.5 Å². The van der Waals surface area contributed by atoms with Crippen molar-refractivity contribution in [2.75, 3.05) is 6.61 Å². The van der Waals surface area contributed by atoms with Crippen molar-refractivity contribution in [1.29, 1.82) is 0 Å². The second-order valence-electron chi connectivity index (χ2n) is 7.82. The van der Waals surface area contributed by atoms with Gasteiger partial charge in [0.2, 0.25) is 5.91 Å². The van der Waals surface area contributed by atoms with Gasteiger partial charge < -0.3 is 30.4 Å². The number of carboxylic acid groups (broad SMARTS) is 2. The number of amides is 2. The molecular weight excluding hydrogens is 431 g/mol. The molecule has 174 valence electrons. The average molecular weight is 456 g/mol. The van der Waals surface area contributed by atoms with Gasteiger partial charge in [-0.25, -0.2) is 4.79 Å². The van der Waals surface area contributed by atoms with Crippen molar-refractivity contribution in [3.05, 3.63) is 42.0 Å². The lowest BCUT2D eigenvalue weighted by Gasteiger charge is -2.24. The standard InChI is InChI=1S/C22H25BN2O8/c1-11(2)18(21(30)24-15(20(23)29)9-17(27)28)25-16(26)10-33-19-13-6-4-3-5-12(13)7-8-14(19)22(31)32/h3-8,11,15,18H,9-10,23H2,1-2H3,(H,24,30)(H,25,26)(H,27,28)(H,31,32)/t15-,18-/m0/s1. The Bertz CT molecular complexity index is 1090. The van der Waals surface area contributed by atoms with Crippen molar-refractivity contribution >= 4 is 48.1 Å². The maximum absolute atomic E-state index is 12.6. The Morgan fingerprint density at radius 3 is 2.24 bits per heavy atom. The number of benzene rings is 2. The van der Waals surface area contributed by atoms with Crippen molar-refractivity contribution in [1.82, 2.24) is 10.6 Å². The minimum absolute atomic E-state index is 0.0272. The molecule has 0 radical (unpaired) electrons. The van der Waals surface area contributed by atoms with Crippen LogP contribution in [0, 0.1) is 5.92 Å². The van der Waals surface area contributed by atoms with Crippen LogP contribution in [-0.4, -0.2) is 66.2 Å². The Kier molecular flexibility index (Phi) is 8.55. The highest BCUT2D eigenvalue weighted by atomic mass is 16.5. The first-order valence-corrected chi connectivity index (χ1v) is 10.2. The molecule has 2 rings (SSSR count). The van der Waals surface area contributed by atoms with Crippen molar-refractivity contribution in [2.45, 2.75) is 32.4 Å². The largest absolute Gasteiger partial charge is 0.482 e. The zero-order valence-corrected chi connectivity index (χ0v) is 18.5. The molecule has 2 aromatic rings. The van der Waals surface area contributed by atoms with Crippen molar-refractivity contribution in [2.24, 2.45) is 5.92 Å². The van der Waals surface area contributed by atoms with E-state index in [9.17, 15) is 29.1 Å². The van der Waals surface area contributed by atoms with E-state index in [2.05, 4.69) is 10.6 Å². The minimum Gasteiger partial charge on any atom is -0.482 e. The molecule has 33 heavy (non-hydrogen) atoms. The molecule has 0 spiro atoms. The highest BCUT2D eigenvalue weighted by Crippen LogP contribution is 2.30. The summed E-state index contributed by atoms with van der Waals surface area (Å²) in [5, 5.41) is 24.5. The average Bonchev–Trinajstić information content (AvgIpc) is 2.74. The van der Waals surface area contributed by atoms with Gasteiger partial charge in [0.05, 0.1) is 12.5 Å². The lowest BCUT2D eigenvalue weighted by atomic mass is 9.92. The van der Waals surface area contributed by atoms with Crippen LogP contribution in [0.3, 0.4) is 0 Å². The summed E-state index contributed by atoms with van der Waals surface area (Å²) in [6.45, 7) is 2.77. The van der Waals surface area contributed by atoms with Crippen molar-refractivity contribution < 1.29 is 38.9 Å². The molecule has 11 heteroatoms. The van der Waals surface area contributed by atoms with Crippen LogP contribution in [0.4, 0.5) is 0 Å². The Balaban J connectivity index is 2.14. The molecule has 0 saturated heterocycles. The van der Waals surface area contributed by atoms with E-state index in [0.29, 0.717) is 5.39 Å². The van der Waals surface area contributed by atoms with Crippen LogP contribution in [0.2, 0.25) is 0 Å². The monoisotopic (exact) mass is 456 g/mol. The maximum atomic E-state index is 12.6. The minimum atomic E-state index is -1.25. The molecular formula is C22H25BN2O8. The zero-order valence-electron chi connectivity index (χ0n) is 18.5. The van der Waals surface area contributed by atoms with E-state index >= 15 is 0 Å². The highest BCUT2D eigenvalue weighted by Gasteiger charge is 2.28. The van der Waals surface area contributed by atoms with Crippen LogP contribution in [0.1, 0.15) is 30.6 Å². The number of carboxylic acids is 2. The Labute approximate surface area is 190 Å². The number of hydrogen-bond acceptors (Lipinski definition) is 6. The second-order valence-corrected chi connectivity index (χ2v) is 7.82. The van der Waals surface area contributed by atoms with Gasteiger partial charge in [-0.05, 0) is 17.4 Å². The fourth-order valence-electron chi connectivity index (χ4n) is 3.19. The van der Waals surface area contributed by atoms with Gasteiger partial charge in [0.1, 0.15) is 23.0 Å². The molecule has 0 unspecified atom stereocenters. The summed E-state index contributed by atoms with van der Waals surface area (Å²) >= 11 is 0. The van der Waals surface area contributed by atoms with Gasteiger partial charge in [0.15, 0.2) is 14.5 Å². The van der Waals surface area contributed by atoms with E-state index in [1.54, 1.807) is 44.2 Å². The van der Waals surface area contributed by atoms with Gasteiger partial charge in [-0.1, -0.05) is 44.2 Å². The highest BCUT2D eigenvalue weighted by molar-refractivity contribution is 6.59. The summed E-state index contributed by atoms with van der Waals surface area (Å²) in [5.41, 5.74) is -0.641. The number of rotatable bonds is 11. The fourth-order valence-corrected chi connectivity index (χ4v) is 3.19. The second kappa shape index (κ2) is 11.1. The topological polar surface area (TPSA) is 159 Å². The van der Waals surface area contributed by atoms with E-state index in [-0.39, 0.29) is 11.3 Å². The molecule has 2 aromatic carbocycles. The predicted octanol–water partition coefficient (Wildman–Crippen LogP) is 0.177. The Morgan fingerprint density at radius 1 is 1.00 bits per heavy atom. The predicted molar refractivity (Wildman–Crippen MR) is 121 cm³/mol. The summed E-state index contributed by atoms with van der Waals surface area (Å²) in [6.07, 6.45) is -0.581. The van der Waals surface area contributed by atoms with Crippen molar-refractivity contribution in [3.63, 3.8) is 0 Å². The SMILES string of the molecule is BC(=O)[C@H](CC(=O)O)NC(=O)[C@@H](NC(=O)COc1c(C(=O)O)ccc2ccccc12)C(C)C. The quantitative estimate of drug-likeness (QED) is 0.349. The van der Waals surface area contributed by atoms with Crippen LogP contribution in [0.25, 0.3) is 10.8 Å². The molecule has 4 N–H and O–H groups in total. The van der Waals surface area contributed by atoms with E-state index in [1.165, 1.54) is 6.07 Å². The molecule has 0 fully saturated rings.